The van der Waals surface area contributed by atoms with Crippen LogP contribution in [0.15, 0.2) is 41.8 Å². The molecule has 1 aliphatic rings. The van der Waals surface area contributed by atoms with Crippen molar-refractivity contribution in [3.8, 4) is 0 Å². The zero-order valence-electron chi connectivity index (χ0n) is 16.5. The van der Waals surface area contributed by atoms with E-state index in [0.29, 0.717) is 11.6 Å². The first-order chi connectivity index (χ1) is 13.6. The topological polar surface area (TPSA) is 64.7 Å². The lowest BCUT2D eigenvalue weighted by Gasteiger charge is -2.23. The van der Waals surface area contributed by atoms with Crippen molar-refractivity contribution in [2.24, 2.45) is 0 Å². The number of nitrogens with zero attached hydrogens (tertiary/aromatic N) is 2. The third-order valence-electron chi connectivity index (χ3n) is 5.16. The summed E-state index contributed by atoms with van der Waals surface area (Å²) in [5.74, 6) is -0.507. The number of thiophene rings is 1. The van der Waals surface area contributed by atoms with Crippen molar-refractivity contribution in [2.45, 2.75) is 32.7 Å². The summed E-state index contributed by atoms with van der Waals surface area (Å²) >= 11 is 1.73. The van der Waals surface area contributed by atoms with Gasteiger partial charge in [0.1, 0.15) is 0 Å². The summed E-state index contributed by atoms with van der Waals surface area (Å²) < 4.78 is 0. The van der Waals surface area contributed by atoms with Crippen LogP contribution in [-0.2, 0) is 4.79 Å². The molecular weight excluding hydrogens is 372 g/mol. The van der Waals surface area contributed by atoms with Gasteiger partial charge in [0, 0.05) is 35.3 Å². The van der Waals surface area contributed by atoms with Crippen molar-refractivity contribution in [3.05, 3.63) is 52.2 Å². The highest BCUT2D eigenvalue weighted by Crippen LogP contribution is 2.33. The Morgan fingerprint density at radius 1 is 1.14 bits per heavy atom. The van der Waals surface area contributed by atoms with E-state index in [4.69, 9.17) is 0 Å². The van der Waals surface area contributed by atoms with Gasteiger partial charge in [-0.25, -0.2) is 0 Å². The molecule has 1 aliphatic heterocycles. The van der Waals surface area contributed by atoms with Crippen molar-refractivity contribution < 1.29 is 9.59 Å². The second-order valence-electron chi connectivity index (χ2n) is 6.87. The predicted octanol–water partition coefficient (Wildman–Crippen LogP) is 3.19. The Kier molecular flexibility index (Phi) is 7.06. The monoisotopic (exact) mass is 400 g/mol. The van der Waals surface area contributed by atoms with Gasteiger partial charge in [0.15, 0.2) is 0 Å². The molecule has 2 amide bonds. The smallest absolute Gasteiger partial charge is 0.269 e. The van der Waals surface area contributed by atoms with E-state index >= 15 is 0 Å². The second kappa shape index (κ2) is 9.71. The van der Waals surface area contributed by atoms with Crippen LogP contribution in [0.1, 0.15) is 48.0 Å². The summed E-state index contributed by atoms with van der Waals surface area (Å²) in [6.45, 7) is 7.22. The van der Waals surface area contributed by atoms with Gasteiger partial charge in [0.25, 0.3) is 11.8 Å². The minimum Gasteiger partial charge on any atom is -0.372 e. The average Bonchev–Trinajstić information content (AvgIpc) is 3.39. The number of benzene rings is 1. The van der Waals surface area contributed by atoms with Gasteiger partial charge in [-0.3, -0.25) is 25.3 Å². The number of likely N-dealkylation sites (tertiary alicyclic amines) is 1. The van der Waals surface area contributed by atoms with Crippen LogP contribution in [0.25, 0.3) is 0 Å². The predicted molar refractivity (Wildman–Crippen MR) is 113 cm³/mol. The van der Waals surface area contributed by atoms with E-state index in [1.54, 1.807) is 23.5 Å². The highest BCUT2D eigenvalue weighted by atomic mass is 32.1. The van der Waals surface area contributed by atoms with Crippen LogP contribution in [0, 0.1) is 0 Å². The zero-order valence-corrected chi connectivity index (χ0v) is 17.3. The number of hydrazine groups is 1. The molecule has 7 heteroatoms. The number of carbonyl (C=O) groups is 2. The molecule has 1 atom stereocenters. The van der Waals surface area contributed by atoms with Crippen molar-refractivity contribution in [3.63, 3.8) is 0 Å². The SMILES string of the molecule is CCN(CC)c1ccc(C(=O)NNC(=O)CN2CCCC2c2cccs2)cc1. The van der Waals surface area contributed by atoms with Crippen molar-refractivity contribution in [1.29, 1.82) is 0 Å². The third kappa shape index (κ3) is 4.91. The van der Waals surface area contributed by atoms with Crippen LogP contribution in [0.3, 0.4) is 0 Å². The molecule has 0 bridgehead atoms. The number of nitrogens with one attached hydrogen (secondary N) is 2. The second-order valence-corrected chi connectivity index (χ2v) is 7.84. The van der Waals surface area contributed by atoms with E-state index in [9.17, 15) is 9.59 Å². The Hall–Kier alpha value is -2.38. The summed E-state index contributed by atoms with van der Waals surface area (Å²) in [6, 6.07) is 11.9. The molecule has 2 heterocycles. The van der Waals surface area contributed by atoms with E-state index in [1.165, 1.54) is 4.88 Å². The van der Waals surface area contributed by atoms with Gasteiger partial charge in [0.05, 0.1) is 6.54 Å². The zero-order chi connectivity index (χ0) is 19.9. The molecule has 28 heavy (non-hydrogen) atoms. The highest BCUT2D eigenvalue weighted by molar-refractivity contribution is 7.10. The van der Waals surface area contributed by atoms with Gasteiger partial charge < -0.3 is 4.90 Å². The van der Waals surface area contributed by atoms with Crippen molar-refractivity contribution in [2.75, 3.05) is 31.1 Å². The summed E-state index contributed by atoms with van der Waals surface area (Å²) in [6.07, 6.45) is 2.15. The van der Waals surface area contributed by atoms with Crippen LogP contribution >= 0.6 is 11.3 Å². The number of rotatable bonds is 7. The Morgan fingerprint density at radius 2 is 1.89 bits per heavy atom. The summed E-state index contributed by atoms with van der Waals surface area (Å²) in [5, 5.41) is 2.07. The van der Waals surface area contributed by atoms with Crippen molar-refractivity contribution >= 4 is 28.8 Å². The highest BCUT2D eigenvalue weighted by Gasteiger charge is 2.28. The molecule has 0 radical (unpaired) electrons. The maximum absolute atomic E-state index is 12.3. The van der Waals surface area contributed by atoms with Gasteiger partial charge in [-0.05, 0) is 68.9 Å². The largest absolute Gasteiger partial charge is 0.372 e. The molecule has 150 valence electrons. The Bertz CT molecular complexity index is 772. The Balaban J connectivity index is 1.49. The van der Waals surface area contributed by atoms with Crippen LogP contribution in [0.5, 0.6) is 0 Å². The van der Waals surface area contributed by atoms with E-state index in [2.05, 4.69) is 45.9 Å². The lowest BCUT2D eigenvalue weighted by Crippen LogP contribution is -2.46. The van der Waals surface area contributed by atoms with E-state index < -0.39 is 0 Å². The molecule has 2 N–H and O–H groups in total. The molecule has 3 rings (SSSR count). The van der Waals surface area contributed by atoms with Crippen LogP contribution < -0.4 is 15.8 Å². The molecule has 2 aromatic rings. The normalized spacial score (nSPS) is 16.7. The molecule has 1 aromatic carbocycles. The van der Waals surface area contributed by atoms with Gasteiger partial charge in [-0.1, -0.05) is 6.07 Å². The molecule has 1 fully saturated rings. The lowest BCUT2D eigenvalue weighted by molar-refractivity contribution is -0.123. The average molecular weight is 401 g/mol. The molecular formula is C21H28N4O2S. The fraction of sp³-hybridized carbons (Fsp3) is 0.429. The summed E-state index contributed by atoms with van der Waals surface area (Å²) in [4.78, 5) is 30.3. The molecule has 1 unspecified atom stereocenters. The summed E-state index contributed by atoms with van der Waals surface area (Å²) in [5.41, 5.74) is 6.67. The van der Waals surface area contributed by atoms with Crippen LogP contribution in [0.4, 0.5) is 5.69 Å². The quantitative estimate of drug-likeness (QED) is 0.701. The first kappa shape index (κ1) is 20.4. The van der Waals surface area contributed by atoms with Gasteiger partial charge in [0.2, 0.25) is 0 Å². The first-order valence-corrected chi connectivity index (χ1v) is 10.7. The van der Waals surface area contributed by atoms with Crippen LogP contribution in [0.2, 0.25) is 0 Å². The van der Waals surface area contributed by atoms with Crippen molar-refractivity contribution in [1.82, 2.24) is 15.8 Å². The summed E-state index contributed by atoms with van der Waals surface area (Å²) in [7, 11) is 0. The number of carbonyl (C=O) groups excluding carboxylic acids is 2. The minimum atomic E-state index is -0.310. The minimum absolute atomic E-state index is 0.198. The molecule has 1 aromatic heterocycles. The first-order valence-electron chi connectivity index (χ1n) is 9.84. The third-order valence-corrected chi connectivity index (χ3v) is 6.13. The van der Waals surface area contributed by atoms with E-state index in [1.807, 2.05) is 18.2 Å². The Morgan fingerprint density at radius 3 is 2.54 bits per heavy atom. The molecule has 0 aliphatic carbocycles. The van der Waals surface area contributed by atoms with Gasteiger partial charge in [-0.2, -0.15) is 0 Å². The van der Waals surface area contributed by atoms with Crippen LogP contribution in [-0.4, -0.2) is 42.9 Å². The number of anilines is 1. The maximum Gasteiger partial charge on any atom is 0.269 e. The fourth-order valence-corrected chi connectivity index (χ4v) is 4.55. The molecule has 6 nitrogen and oxygen atoms in total. The maximum atomic E-state index is 12.3. The van der Waals surface area contributed by atoms with E-state index in [0.717, 1.165) is 38.2 Å². The lowest BCUT2D eigenvalue weighted by atomic mass is 10.2. The standard InChI is InChI=1S/C21H28N4O2S/c1-3-24(4-2)17-11-9-16(10-12-17)21(27)23-22-20(26)15-25-13-5-7-18(25)19-8-6-14-28-19/h6,8-12,14,18H,3-5,7,13,15H2,1-2H3,(H,22,26)(H,23,27). The van der Waals surface area contributed by atoms with Gasteiger partial charge >= 0.3 is 0 Å². The molecule has 0 saturated carbocycles. The number of hydrogen-bond acceptors (Lipinski definition) is 5. The molecule has 1 saturated heterocycles. The van der Waals surface area contributed by atoms with E-state index in [-0.39, 0.29) is 18.4 Å². The molecule has 0 spiro atoms. The Labute approximate surface area is 170 Å². The van der Waals surface area contributed by atoms with Gasteiger partial charge in [-0.15, -0.1) is 11.3 Å². The fourth-order valence-electron chi connectivity index (χ4n) is 3.65. The number of amides is 2. The number of hydrogen-bond donors (Lipinski definition) is 2.